The molecule has 0 aliphatic carbocycles. The molecule has 0 spiro atoms. The number of rotatable bonds is 4. The zero-order valence-electron chi connectivity index (χ0n) is 14.1. The van der Waals surface area contributed by atoms with Crippen molar-refractivity contribution in [3.8, 4) is 0 Å². The average molecular weight is 327 g/mol. The number of hydrogen-bond acceptors (Lipinski definition) is 0. The van der Waals surface area contributed by atoms with E-state index in [0.29, 0.717) is 0 Å². The third kappa shape index (κ3) is 4.05. The highest BCUT2D eigenvalue weighted by atomic mass is 28.3. The smallest absolute Gasteiger partial charge is 0.0656 e. The highest BCUT2D eigenvalue weighted by Crippen LogP contribution is 2.02. The van der Waals surface area contributed by atoms with Crippen molar-refractivity contribution in [3.63, 3.8) is 0 Å². The van der Waals surface area contributed by atoms with Crippen molar-refractivity contribution in [1.82, 2.24) is 0 Å². The van der Waals surface area contributed by atoms with Crippen LogP contribution in [0.4, 0.5) is 0 Å². The molecule has 0 atom stereocenters. The zero-order valence-corrected chi connectivity index (χ0v) is 17.1. The molecular weight excluding hydrogens is 300 g/mol. The molecule has 2 aromatic rings. The highest BCUT2D eigenvalue weighted by Gasteiger charge is 2.23. The standard InChI is InChI=1S/C18H26Si3/c1-20(2,3)17-13-9-7-11-15(17)19-16-12-8-10-14-18(16)21(4,5)6/h7-14H,1-6H3. The van der Waals surface area contributed by atoms with Crippen molar-refractivity contribution >= 4 is 46.4 Å². The van der Waals surface area contributed by atoms with Gasteiger partial charge in [0.05, 0.1) is 16.1 Å². The van der Waals surface area contributed by atoms with Crippen LogP contribution in [0.2, 0.25) is 39.3 Å². The maximum atomic E-state index is 2.45. The Labute approximate surface area is 134 Å². The van der Waals surface area contributed by atoms with Gasteiger partial charge in [0.25, 0.3) is 0 Å². The van der Waals surface area contributed by atoms with Crippen LogP contribution < -0.4 is 20.7 Å². The summed E-state index contributed by atoms with van der Waals surface area (Å²) in [6.45, 7) is 14.7. The van der Waals surface area contributed by atoms with Crippen LogP contribution in [-0.4, -0.2) is 25.7 Å². The molecule has 0 saturated heterocycles. The third-order valence-corrected chi connectivity index (χ3v) is 9.75. The van der Waals surface area contributed by atoms with Gasteiger partial charge in [-0.3, -0.25) is 0 Å². The molecular formula is C18H26Si3. The van der Waals surface area contributed by atoms with Crippen molar-refractivity contribution in [3.05, 3.63) is 48.5 Å². The van der Waals surface area contributed by atoms with Gasteiger partial charge in [0, 0.05) is 0 Å². The molecule has 0 aliphatic heterocycles. The molecule has 0 unspecified atom stereocenters. The molecule has 3 heteroatoms. The second-order valence-corrected chi connectivity index (χ2v) is 19.1. The first-order valence-corrected chi connectivity index (χ1v) is 15.7. The van der Waals surface area contributed by atoms with E-state index in [1.165, 1.54) is 0 Å². The first-order chi connectivity index (χ1) is 9.69. The predicted octanol–water partition coefficient (Wildman–Crippen LogP) is 2.43. The lowest BCUT2D eigenvalue weighted by Crippen LogP contribution is -2.56. The van der Waals surface area contributed by atoms with E-state index in [-0.39, 0.29) is 0 Å². The highest BCUT2D eigenvalue weighted by molar-refractivity contribution is 6.95. The topological polar surface area (TPSA) is 0 Å². The van der Waals surface area contributed by atoms with Gasteiger partial charge in [0.2, 0.25) is 0 Å². The van der Waals surface area contributed by atoms with Crippen LogP contribution in [0.1, 0.15) is 0 Å². The van der Waals surface area contributed by atoms with Crippen LogP contribution in [0.25, 0.3) is 0 Å². The Kier molecular flexibility index (Phi) is 4.76. The van der Waals surface area contributed by atoms with Gasteiger partial charge in [0.15, 0.2) is 0 Å². The minimum atomic E-state index is -1.28. The Morgan fingerprint density at radius 3 is 1.24 bits per heavy atom. The molecule has 2 rings (SSSR count). The minimum Gasteiger partial charge on any atom is -0.0656 e. The molecule has 0 amide bonds. The summed E-state index contributed by atoms with van der Waals surface area (Å²) in [5.41, 5.74) is 0. The molecule has 0 nitrogen and oxygen atoms in total. The lowest BCUT2D eigenvalue weighted by Gasteiger charge is -2.24. The van der Waals surface area contributed by atoms with Gasteiger partial charge >= 0.3 is 0 Å². The quantitative estimate of drug-likeness (QED) is 0.757. The number of benzene rings is 2. The average Bonchev–Trinajstić information content (AvgIpc) is 2.37. The molecule has 2 radical (unpaired) electrons. The summed E-state index contributed by atoms with van der Waals surface area (Å²) >= 11 is 0. The van der Waals surface area contributed by atoms with Crippen molar-refractivity contribution in [2.75, 3.05) is 0 Å². The second kappa shape index (κ2) is 6.07. The summed E-state index contributed by atoms with van der Waals surface area (Å²) in [6.07, 6.45) is 0. The summed E-state index contributed by atoms with van der Waals surface area (Å²) in [4.78, 5) is 0. The van der Waals surface area contributed by atoms with Gasteiger partial charge < -0.3 is 0 Å². The summed E-state index contributed by atoms with van der Waals surface area (Å²) in [5, 5.41) is 6.35. The Hall–Kier alpha value is -0.909. The third-order valence-electron chi connectivity index (χ3n) is 3.74. The molecule has 0 fully saturated rings. The van der Waals surface area contributed by atoms with E-state index in [9.17, 15) is 0 Å². The Morgan fingerprint density at radius 1 is 0.571 bits per heavy atom. The minimum absolute atomic E-state index is 0.791. The van der Waals surface area contributed by atoms with Crippen LogP contribution in [0.3, 0.4) is 0 Å². The maximum absolute atomic E-state index is 2.45. The van der Waals surface area contributed by atoms with Gasteiger partial charge in [-0.1, -0.05) is 109 Å². The Bertz CT molecular complexity index is 563. The van der Waals surface area contributed by atoms with E-state index in [4.69, 9.17) is 0 Å². The van der Waals surface area contributed by atoms with Crippen LogP contribution in [0.15, 0.2) is 48.5 Å². The van der Waals surface area contributed by atoms with E-state index in [1.807, 2.05) is 0 Å². The van der Waals surface area contributed by atoms with Crippen LogP contribution in [0, 0.1) is 0 Å². The molecule has 110 valence electrons. The van der Waals surface area contributed by atoms with E-state index in [2.05, 4.69) is 87.8 Å². The fourth-order valence-corrected chi connectivity index (χ4v) is 9.32. The van der Waals surface area contributed by atoms with Gasteiger partial charge in [-0.25, -0.2) is 0 Å². The van der Waals surface area contributed by atoms with Gasteiger partial charge in [-0.15, -0.1) is 0 Å². The molecule has 0 N–H and O–H groups in total. The fraction of sp³-hybridized carbons (Fsp3) is 0.333. The molecule has 21 heavy (non-hydrogen) atoms. The second-order valence-electron chi connectivity index (χ2n) is 7.72. The predicted molar refractivity (Wildman–Crippen MR) is 104 cm³/mol. The van der Waals surface area contributed by atoms with E-state index in [0.717, 1.165) is 9.52 Å². The summed E-state index contributed by atoms with van der Waals surface area (Å²) in [6, 6.07) is 18.2. The lowest BCUT2D eigenvalue weighted by molar-refractivity contribution is 1.70. The van der Waals surface area contributed by atoms with Crippen LogP contribution in [-0.2, 0) is 0 Å². The lowest BCUT2D eigenvalue weighted by atomic mass is 10.3. The zero-order chi connectivity index (χ0) is 15.7. The normalized spacial score (nSPS) is 12.5. The van der Waals surface area contributed by atoms with E-state index < -0.39 is 16.1 Å². The molecule has 0 heterocycles. The molecule has 0 saturated carbocycles. The van der Waals surface area contributed by atoms with Crippen molar-refractivity contribution < 1.29 is 0 Å². The van der Waals surface area contributed by atoms with E-state index >= 15 is 0 Å². The van der Waals surface area contributed by atoms with Crippen molar-refractivity contribution in [2.24, 2.45) is 0 Å². The summed E-state index contributed by atoms with van der Waals surface area (Å²) < 4.78 is 0. The van der Waals surface area contributed by atoms with Gasteiger partial charge in [0.1, 0.15) is 9.52 Å². The van der Waals surface area contributed by atoms with Crippen molar-refractivity contribution in [2.45, 2.75) is 39.3 Å². The monoisotopic (exact) mass is 326 g/mol. The first-order valence-electron chi connectivity index (χ1n) is 7.65. The molecule has 2 aromatic carbocycles. The first kappa shape index (κ1) is 16.5. The van der Waals surface area contributed by atoms with E-state index in [1.54, 1.807) is 20.7 Å². The largest absolute Gasteiger partial charge is 0.121 e. The van der Waals surface area contributed by atoms with Gasteiger partial charge in [-0.05, 0) is 0 Å². The molecule has 0 bridgehead atoms. The Morgan fingerprint density at radius 2 is 0.905 bits per heavy atom. The molecule has 0 aliphatic rings. The fourth-order valence-electron chi connectivity index (χ4n) is 2.64. The molecule has 0 aromatic heterocycles. The summed E-state index contributed by atoms with van der Waals surface area (Å²) in [5.74, 6) is 0. The number of hydrogen-bond donors (Lipinski definition) is 0. The SMILES string of the molecule is C[Si](C)(C)c1ccccc1[Si]c1ccccc1[Si](C)(C)C. The van der Waals surface area contributed by atoms with Crippen LogP contribution in [0.5, 0.6) is 0 Å². The Balaban J connectivity index is 2.45. The summed E-state index contributed by atoms with van der Waals surface area (Å²) in [7, 11) is -1.76. The van der Waals surface area contributed by atoms with Crippen LogP contribution >= 0.6 is 0 Å². The van der Waals surface area contributed by atoms with Gasteiger partial charge in [-0.2, -0.15) is 0 Å². The van der Waals surface area contributed by atoms with Crippen molar-refractivity contribution in [1.29, 1.82) is 0 Å². The maximum Gasteiger partial charge on any atom is 0.121 e.